The minimum Gasteiger partial charge on any atom is -0.452 e. The van der Waals surface area contributed by atoms with Gasteiger partial charge < -0.3 is 14.5 Å². The van der Waals surface area contributed by atoms with Crippen molar-refractivity contribution in [2.24, 2.45) is 5.92 Å². The van der Waals surface area contributed by atoms with Crippen molar-refractivity contribution in [3.05, 3.63) is 59.0 Å². The Kier molecular flexibility index (Phi) is 5.86. The van der Waals surface area contributed by atoms with E-state index < -0.39 is 0 Å². The average molecular weight is 419 g/mol. The molecule has 0 saturated carbocycles. The highest BCUT2D eigenvalue weighted by Crippen LogP contribution is 2.33. The van der Waals surface area contributed by atoms with Crippen LogP contribution in [0.25, 0.3) is 33.3 Å². The molecule has 7 nitrogen and oxygen atoms in total. The van der Waals surface area contributed by atoms with Crippen molar-refractivity contribution in [3.8, 4) is 11.3 Å². The van der Waals surface area contributed by atoms with Gasteiger partial charge in [0.15, 0.2) is 5.58 Å². The van der Waals surface area contributed by atoms with E-state index in [9.17, 15) is 9.59 Å². The largest absolute Gasteiger partial charge is 0.452 e. The Morgan fingerprint density at radius 3 is 2.61 bits per heavy atom. The molecule has 0 bridgehead atoms. The first-order chi connectivity index (χ1) is 15.0. The predicted molar refractivity (Wildman–Crippen MR) is 121 cm³/mol. The summed E-state index contributed by atoms with van der Waals surface area (Å²) in [5, 5.41) is 3.75. The van der Waals surface area contributed by atoms with E-state index >= 15 is 0 Å². The molecule has 0 atom stereocenters. The maximum Gasteiger partial charge on any atom is 0.348 e. The number of para-hydroxylation sites is 1. The van der Waals surface area contributed by atoms with E-state index in [1.807, 2.05) is 50.2 Å². The van der Waals surface area contributed by atoms with E-state index in [-0.39, 0.29) is 17.5 Å². The number of furan rings is 1. The van der Waals surface area contributed by atoms with Gasteiger partial charge in [-0.05, 0) is 30.2 Å². The normalized spacial score (nSPS) is 11.5. The molecule has 4 rings (SSSR count). The molecule has 0 unspecified atom stereocenters. The summed E-state index contributed by atoms with van der Waals surface area (Å²) in [6.07, 6.45) is 0.461. The molecule has 0 aliphatic heterocycles. The Labute approximate surface area is 179 Å². The molecule has 0 aliphatic carbocycles. The fourth-order valence-electron chi connectivity index (χ4n) is 3.64. The molecule has 4 aromatic rings. The molecule has 2 heterocycles. The molecule has 0 fully saturated rings. The van der Waals surface area contributed by atoms with Crippen molar-refractivity contribution in [1.29, 1.82) is 0 Å². The molecule has 0 spiro atoms. The number of ether oxygens (including phenoxy) is 1. The fraction of sp³-hybridized carbons (Fsp3) is 0.292. The van der Waals surface area contributed by atoms with Gasteiger partial charge in [-0.2, -0.15) is 4.98 Å². The van der Waals surface area contributed by atoms with Crippen LogP contribution in [-0.2, 0) is 16.1 Å². The molecule has 160 valence electrons. The SMILES string of the molecule is COCCn1c(=O)nc(-c2ccc(NC(=O)CC(C)C)cc2)c2oc3ccccc3c21. The van der Waals surface area contributed by atoms with Crippen LogP contribution in [-0.4, -0.2) is 29.2 Å². The second-order valence-electron chi connectivity index (χ2n) is 7.89. The van der Waals surface area contributed by atoms with Crippen molar-refractivity contribution in [1.82, 2.24) is 9.55 Å². The molecule has 2 aromatic carbocycles. The monoisotopic (exact) mass is 419 g/mol. The van der Waals surface area contributed by atoms with Crippen LogP contribution in [0.2, 0.25) is 0 Å². The zero-order chi connectivity index (χ0) is 22.0. The summed E-state index contributed by atoms with van der Waals surface area (Å²) < 4.78 is 12.9. The number of hydrogen-bond acceptors (Lipinski definition) is 5. The number of benzene rings is 2. The van der Waals surface area contributed by atoms with Gasteiger partial charge in [-0.3, -0.25) is 9.36 Å². The highest BCUT2D eigenvalue weighted by atomic mass is 16.5. The maximum atomic E-state index is 12.9. The van der Waals surface area contributed by atoms with E-state index in [2.05, 4.69) is 10.3 Å². The highest BCUT2D eigenvalue weighted by molar-refractivity contribution is 6.06. The molecule has 7 heteroatoms. The van der Waals surface area contributed by atoms with Gasteiger partial charge in [0, 0.05) is 30.2 Å². The third-order valence-electron chi connectivity index (χ3n) is 5.05. The number of anilines is 1. The van der Waals surface area contributed by atoms with Gasteiger partial charge in [-0.15, -0.1) is 0 Å². The van der Waals surface area contributed by atoms with Crippen LogP contribution in [0.4, 0.5) is 5.69 Å². The lowest BCUT2D eigenvalue weighted by atomic mass is 10.1. The van der Waals surface area contributed by atoms with E-state index in [4.69, 9.17) is 9.15 Å². The predicted octanol–water partition coefficient (Wildman–Crippen LogP) is 4.44. The first kappa shape index (κ1) is 20.8. The Morgan fingerprint density at radius 2 is 1.90 bits per heavy atom. The Balaban J connectivity index is 1.79. The summed E-state index contributed by atoms with van der Waals surface area (Å²) in [7, 11) is 1.60. The molecule has 0 aliphatic rings. The molecular weight excluding hydrogens is 394 g/mol. The first-order valence-electron chi connectivity index (χ1n) is 10.3. The number of carbonyl (C=O) groups is 1. The van der Waals surface area contributed by atoms with Gasteiger partial charge in [0.25, 0.3) is 0 Å². The van der Waals surface area contributed by atoms with Crippen LogP contribution in [0.5, 0.6) is 0 Å². The molecule has 1 amide bonds. The Bertz CT molecular complexity index is 1290. The number of aromatic nitrogens is 2. The van der Waals surface area contributed by atoms with Crippen LogP contribution in [0.1, 0.15) is 20.3 Å². The number of fused-ring (bicyclic) bond motifs is 3. The summed E-state index contributed by atoms with van der Waals surface area (Å²) in [4.78, 5) is 29.2. The standard InChI is InChI=1S/C24H25N3O4/c1-15(2)14-20(28)25-17-10-8-16(9-11-17)21-23-22(18-6-4-5-7-19(18)31-23)27(12-13-30-3)24(29)26-21/h4-11,15H,12-14H2,1-3H3,(H,25,28). The van der Waals surface area contributed by atoms with Gasteiger partial charge in [-0.25, -0.2) is 4.79 Å². The maximum absolute atomic E-state index is 12.9. The smallest absolute Gasteiger partial charge is 0.348 e. The lowest BCUT2D eigenvalue weighted by molar-refractivity contribution is -0.116. The molecule has 31 heavy (non-hydrogen) atoms. The Morgan fingerprint density at radius 1 is 1.16 bits per heavy atom. The number of nitrogens with one attached hydrogen (secondary N) is 1. The minimum atomic E-state index is -0.361. The van der Waals surface area contributed by atoms with E-state index in [1.54, 1.807) is 23.8 Å². The summed E-state index contributed by atoms with van der Waals surface area (Å²) in [5.41, 5.74) is 3.50. The average Bonchev–Trinajstić information content (AvgIpc) is 3.12. The van der Waals surface area contributed by atoms with Crippen molar-refractivity contribution >= 4 is 33.7 Å². The van der Waals surface area contributed by atoms with Crippen molar-refractivity contribution in [2.75, 3.05) is 19.0 Å². The highest BCUT2D eigenvalue weighted by Gasteiger charge is 2.19. The van der Waals surface area contributed by atoms with Gasteiger partial charge in [0.2, 0.25) is 5.91 Å². The number of hydrogen-bond donors (Lipinski definition) is 1. The molecule has 0 saturated heterocycles. The molecule has 0 radical (unpaired) electrons. The second-order valence-corrected chi connectivity index (χ2v) is 7.89. The van der Waals surface area contributed by atoms with E-state index in [0.717, 1.165) is 10.9 Å². The molecule has 1 N–H and O–H groups in total. The zero-order valence-electron chi connectivity index (χ0n) is 17.8. The quantitative estimate of drug-likeness (QED) is 0.479. The van der Waals surface area contributed by atoms with Crippen molar-refractivity contribution < 1.29 is 13.9 Å². The summed E-state index contributed by atoms with van der Waals surface area (Å²) in [6, 6.07) is 14.9. The third kappa shape index (κ3) is 4.22. The fourth-order valence-corrected chi connectivity index (χ4v) is 3.64. The van der Waals surface area contributed by atoms with Crippen molar-refractivity contribution in [3.63, 3.8) is 0 Å². The van der Waals surface area contributed by atoms with Crippen molar-refractivity contribution in [2.45, 2.75) is 26.8 Å². The van der Waals surface area contributed by atoms with Crippen LogP contribution in [0.15, 0.2) is 57.7 Å². The topological polar surface area (TPSA) is 86.4 Å². The van der Waals surface area contributed by atoms with Gasteiger partial charge in [0.05, 0.1) is 13.2 Å². The summed E-state index contributed by atoms with van der Waals surface area (Å²) in [6.45, 7) is 4.77. The van der Waals surface area contributed by atoms with Crippen LogP contribution in [0, 0.1) is 5.92 Å². The minimum absolute atomic E-state index is 0.0266. The van der Waals surface area contributed by atoms with Crippen LogP contribution < -0.4 is 11.0 Å². The third-order valence-corrected chi connectivity index (χ3v) is 5.05. The molecular formula is C24H25N3O4. The summed E-state index contributed by atoms with van der Waals surface area (Å²) >= 11 is 0. The van der Waals surface area contributed by atoms with E-state index in [1.165, 1.54) is 0 Å². The first-order valence-corrected chi connectivity index (χ1v) is 10.3. The van der Waals surface area contributed by atoms with Crippen LogP contribution in [0.3, 0.4) is 0 Å². The Hall–Kier alpha value is -3.45. The lowest BCUT2D eigenvalue weighted by Crippen LogP contribution is -2.25. The second kappa shape index (κ2) is 8.73. The van der Waals surface area contributed by atoms with Crippen LogP contribution >= 0.6 is 0 Å². The van der Waals surface area contributed by atoms with Gasteiger partial charge >= 0.3 is 5.69 Å². The number of methoxy groups -OCH3 is 1. The van der Waals surface area contributed by atoms with Gasteiger partial charge in [0.1, 0.15) is 16.8 Å². The number of rotatable bonds is 7. The number of nitrogens with zero attached hydrogens (tertiary/aromatic N) is 2. The number of carbonyl (C=O) groups excluding carboxylic acids is 1. The van der Waals surface area contributed by atoms with Gasteiger partial charge in [-0.1, -0.05) is 38.1 Å². The lowest BCUT2D eigenvalue weighted by Gasteiger charge is -2.10. The zero-order valence-corrected chi connectivity index (χ0v) is 17.8. The van der Waals surface area contributed by atoms with E-state index in [0.29, 0.717) is 47.6 Å². The molecule has 2 aromatic heterocycles. The summed E-state index contributed by atoms with van der Waals surface area (Å²) in [5.74, 6) is 0.260. The number of amides is 1.